The van der Waals surface area contributed by atoms with Gasteiger partial charge < -0.3 is 14.7 Å². The Kier molecular flexibility index (Phi) is 4.74. The molecule has 1 aromatic carbocycles. The first-order valence-corrected chi connectivity index (χ1v) is 6.73. The van der Waals surface area contributed by atoms with Gasteiger partial charge in [-0.1, -0.05) is 30.3 Å². The van der Waals surface area contributed by atoms with Gasteiger partial charge in [-0.25, -0.2) is 0 Å². The van der Waals surface area contributed by atoms with Gasteiger partial charge in [0.1, 0.15) is 0 Å². The second-order valence-corrected chi connectivity index (χ2v) is 4.99. The highest BCUT2D eigenvalue weighted by Gasteiger charge is 2.32. The van der Waals surface area contributed by atoms with Gasteiger partial charge >= 0.3 is 5.97 Å². The standard InChI is InChI=1S/C15H19NO4/c1-20-13(11-6-3-2-4-7-11)14(17)16-9-5-8-12(10-16)15(18)19/h2-4,6-7,12-13H,5,8-10H2,1H3,(H,18,19)/t12-,13+/m1/s1. The number of aliphatic carboxylic acids is 1. The highest BCUT2D eigenvalue weighted by Crippen LogP contribution is 2.23. The first-order valence-electron chi connectivity index (χ1n) is 6.73. The molecule has 1 saturated heterocycles. The van der Waals surface area contributed by atoms with E-state index in [4.69, 9.17) is 9.84 Å². The number of carboxylic acid groups (broad SMARTS) is 1. The third-order valence-corrected chi connectivity index (χ3v) is 3.64. The van der Waals surface area contributed by atoms with Crippen molar-refractivity contribution >= 4 is 11.9 Å². The Morgan fingerprint density at radius 3 is 2.65 bits per heavy atom. The molecule has 0 aliphatic carbocycles. The summed E-state index contributed by atoms with van der Waals surface area (Å²) in [5, 5.41) is 9.08. The summed E-state index contributed by atoms with van der Waals surface area (Å²) < 4.78 is 5.31. The van der Waals surface area contributed by atoms with Crippen LogP contribution in [0.3, 0.4) is 0 Å². The molecule has 1 N–H and O–H groups in total. The Hall–Kier alpha value is -1.88. The van der Waals surface area contributed by atoms with Crippen molar-refractivity contribution in [2.75, 3.05) is 20.2 Å². The van der Waals surface area contributed by atoms with Crippen LogP contribution in [0, 0.1) is 5.92 Å². The van der Waals surface area contributed by atoms with Crippen molar-refractivity contribution in [3.8, 4) is 0 Å². The summed E-state index contributed by atoms with van der Waals surface area (Å²) in [4.78, 5) is 25.2. The van der Waals surface area contributed by atoms with E-state index in [1.165, 1.54) is 7.11 Å². The van der Waals surface area contributed by atoms with Gasteiger partial charge in [-0.15, -0.1) is 0 Å². The maximum absolute atomic E-state index is 12.5. The quantitative estimate of drug-likeness (QED) is 0.909. The number of amides is 1. The summed E-state index contributed by atoms with van der Waals surface area (Å²) in [6.45, 7) is 0.857. The smallest absolute Gasteiger partial charge is 0.308 e. The summed E-state index contributed by atoms with van der Waals surface area (Å²) in [7, 11) is 1.49. The van der Waals surface area contributed by atoms with E-state index in [1.54, 1.807) is 4.90 Å². The number of carbonyl (C=O) groups is 2. The minimum atomic E-state index is -0.837. The zero-order valence-corrected chi connectivity index (χ0v) is 11.5. The van der Waals surface area contributed by atoms with Gasteiger partial charge in [0.25, 0.3) is 5.91 Å². The van der Waals surface area contributed by atoms with E-state index in [9.17, 15) is 9.59 Å². The number of carboxylic acids is 1. The summed E-state index contributed by atoms with van der Waals surface area (Å²) in [6, 6.07) is 9.26. The van der Waals surface area contributed by atoms with Gasteiger partial charge in [0.2, 0.25) is 0 Å². The predicted octanol–water partition coefficient (Wildman–Crippen LogP) is 1.70. The minimum Gasteiger partial charge on any atom is -0.481 e. The maximum Gasteiger partial charge on any atom is 0.308 e. The lowest BCUT2D eigenvalue weighted by Gasteiger charge is -2.33. The van der Waals surface area contributed by atoms with Crippen LogP contribution in [0.15, 0.2) is 30.3 Å². The highest BCUT2D eigenvalue weighted by atomic mass is 16.5. The Morgan fingerprint density at radius 2 is 2.05 bits per heavy atom. The van der Waals surface area contributed by atoms with Crippen LogP contribution >= 0.6 is 0 Å². The van der Waals surface area contributed by atoms with Crippen molar-refractivity contribution < 1.29 is 19.4 Å². The molecular weight excluding hydrogens is 258 g/mol. The van der Waals surface area contributed by atoms with E-state index in [-0.39, 0.29) is 12.5 Å². The number of rotatable bonds is 4. The van der Waals surface area contributed by atoms with E-state index in [1.807, 2.05) is 30.3 Å². The Bertz CT molecular complexity index is 474. The molecule has 0 spiro atoms. The number of carbonyl (C=O) groups excluding carboxylic acids is 1. The van der Waals surface area contributed by atoms with Gasteiger partial charge in [-0.2, -0.15) is 0 Å². The molecule has 1 heterocycles. The summed E-state index contributed by atoms with van der Waals surface area (Å²) >= 11 is 0. The fourth-order valence-electron chi connectivity index (χ4n) is 2.55. The average Bonchev–Trinajstić information content (AvgIpc) is 2.49. The molecule has 20 heavy (non-hydrogen) atoms. The van der Waals surface area contributed by atoms with Crippen molar-refractivity contribution in [1.82, 2.24) is 4.90 Å². The fraction of sp³-hybridized carbons (Fsp3) is 0.467. The van der Waals surface area contributed by atoms with Crippen LogP contribution in [0.1, 0.15) is 24.5 Å². The monoisotopic (exact) mass is 277 g/mol. The first kappa shape index (κ1) is 14.5. The van der Waals surface area contributed by atoms with E-state index in [0.717, 1.165) is 5.56 Å². The van der Waals surface area contributed by atoms with Crippen molar-refractivity contribution in [2.24, 2.45) is 5.92 Å². The van der Waals surface area contributed by atoms with Gasteiger partial charge in [-0.05, 0) is 18.4 Å². The Balaban J connectivity index is 2.11. The molecule has 0 aromatic heterocycles. The zero-order chi connectivity index (χ0) is 14.5. The number of benzene rings is 1. The van der Waals surface area contributed by atoms with Crippen molar-refractivity contribution in [2.45, 2.75) is 18.9 Å². The zero-order valence-electron chi connectivity index (χ0n) is 11.5. The molecule has 0 unspecified atom stereocenters. The molecule has 1 aromatic rings. The van der Waals surface area contributed by atoms with E-state index in [0.29, 0.717) is 19.4 Å². The average molecular weight is 277 g/mol. The summed E-state index contributed by atoms with van der Waals surface area (Å²) in [5.74, 6) is -1.47. The molecule has 0 saturated carbocycles. The molecule has 5 heteroatoms. The van der Waals surface area contributed by atoms with Crippen LogP contribution < -0.4 is 0 Å². The van der Waals surface area contributed by atoms with Gasteiger partial charge in [0, 0.05) is 20.2 Å². The van der Waals surface area contributed by atoms with Gasteiger partial charge in [0.15, 0.2) is 6.10 Å². The molecule has 108 valence electrons. The number of piperidine rings is 1. The lowest BCUT2D eigenvalue weighted by molar-refractivity contribution is -0.149. The second-order valence-electron chi connectivity index (χ2n) is 4.99. The van der Waals surface area contributed by atoms with Crippen molar-refractivity contribution in [1.29, 1.82) is 0 Å². The van der Waals surface area contributed by atoms with Crippen LogP contribution in [0.2, 0.25) is 0 Å². The fourth-order valence-corrected chi connectivity index (χ4v) is 2.55. The lowest BCUT2D eigenvalue weighted by atomic mass is 9.97. The minimum absolute atomic E-state index is 0.162. The Morgan fingerprint density at radius 1 is 1.35 bits per heavy atom. The largest absolute Gasteiger partial charge is 0.481 e. The van der Waals surface area contributed by atoms with Crippen LogP contribution in [0.4, 0.5) is 0 Å². The molecule has 2 rings (SSSR count). The van der Waals surface area contributed by atoms with Crippen molar-refractivity contribution in [3.63, 3.8) is 0 Å². The first-order chi connectivity index (χ1) is 9.63. The third kappa shape index (κ3) is 3.17. The molecule has 0 radical (unpaired) electrons. The van der Waals surface area contributed by atoms with Crippen LogP contribution in [-0.2, 0) is 14.3 Å². The number of hydrogen-bond acceptors (Lipinski definition) is 3. The third-order valence-electron chi connectivity index (χ3n) is 3.64. The van der Waals surface area contributed by atoms with Crippen LogP contribution in [0.5, 0.6) is 0 Å². The molecule has 5 nitrogen and oxygen atoms in total. The summed E-state index contributed by atoms with van der Waals surface area (Å²) in [5.41, 5.74) is 0.789. The number of likely N-dealkylation sites (tertiary alicyclic amines) is 1. The van der Waals surface area contributed by atoms with Crippen molar-refractivity contribution in [3.05, 3.63) is 35.9 Å². The molecule has 1 amide bonds. The molecule has 1 fully saturated rings. The van der Waals surface area contributed by atoms with Gasteiger partial charge in [0.05, 0.1) is 5.92 Å². The predicted molar refractivity (Wildman–Crippen MR) is 73.1 cm³/mol. The van der Waals surface area contributed by atoms with E-state index < -0.39 is 18.0 Å². The lowest BCUT2D eigenvalue weighted by Crippen LogP contribution is -2.44. The van der Waals surface area contributed by atoms with E-state index in [2.05, 4.69) is 0 Å². The number of ether oxygens (including phenoxy) is 1. The number of nitrogens with zero attached hydrogens (tertiary/aromatic N) is 1. The normalized spacial score (nSPS) is 20.4. The molecule has 0 bridgehead atoms. The number of hydrogen-bond donors (Lipinski definition) is 1. The van der Waals surface area contributed by atoms with Crippen LogP contribution in [-0.4, -0.2) is 42.1 Å². The number of methoxy groups -OCH3 is 1. The topological polar surface area (TPSA) is 66.8 Å². The molecule has 2 atom stereocenters. The highest BCUT2D eigenvalue weighted by molar-refractivity contribution is 5.83. The van der Waals surface area contributed by atoms with Gasteiger partial charge in [-0.3, -0.25) is 9.59 Å². The Labute approximate surface area is 118 Å². The van der Waals surface area contributed by atoms with E-state index >= 15 is 0 Å². The SMILES string of the molecule is CO[C@H](C(=O)N1CCC[C@@H](C(=O)O)C1)c1ccccc1. The van der Waals surface area contributed by atoms with Crippen LogP contribution in [0.25, 0.3) is 0 Å². The summed E-state index contributed by atoms with van der Waals surface area (Å²) in [6.07, 6.45) is 0.680. The second kappa shape index (κ2) is 6.52. The maximum atomic E-state index is 12.5. The molecule has 1 aliphatic rings. The molecular formula is C15H19NO4. The molecule has 1 aliphatic heterocycles.